The molecule has 0 unspecified atom stereocenters. The molecule has 1 amide bonds. The summed E-state index contributed by atoms with van der Waals surface area (Å²) in [4.78, 5) is 11.9. The Morgan fingerprint density at radius 1 is 1.47 bits per heavy atom. The first-order valence-electron chi connectivity index (χ1n) is 5.42. The van der Waals surface area contributed by atoms with E-state index in [9.17, 15) is 4.79 Å². The van der Waals surface area contributed by atoms with E-state index in [1.54, 1.807) is 0 Å². The Balaban J connectivity index is 2.45. The lowest BCUT2D eigenvalue weighted by atomic mass is 9.79. The molecule has 88 valence electrons. The summed E-state index contributed by atoms with van der Waals surface area (Å²) in [6.45, 7) is 2.17. The van der Waals surface area contributed by atoms with Crippen LogP contribution in [0.2, 0.25) is 0 Å². The normalized spacial score (nSPS) is 19.9. The third kappa shape index (κ3) is 3.15. The van der Waals surface area contributed by atoms with Crippen molar-refractivity contribution in [2.24, 2.45) is 11.1 Å². The summed E-state index contributed by atoms with van der Waals surface area (Å²) in [5, 5.41) is 11.4. The van der Waals surface area contributed by atoms with Crippen LogP contribution >= 0.6 is 0 Å². The molecule has 15 heavy (non-hydrogen) atoms. The number of carbonyl (C=O) groups excluding carboxylic acids is 1. The van der Waals surface area contributed by atoms with E-state index in [0.29, 0.717) is 45.6 Å². The minimum absolute atomic E-state index is 0.00162. The van der Waals surface area contributed by atoms with Crippen molar-refractivity contribution in [2.75, 3.05) is 32.9 Å². The zero-order chi connectivity index (χ0) is 11.1. The molecule has 0 aliphatic carbocycles. The van der Waals surface area contributed by atoms with E-state index < -0.39 is 5.41 Å². The maximum absolute atomic E-state index is 11.9. The summed E-state index contributed by atoms with van der Waals surface area (Å²) in [6.07, 6.45) is 1.96. The van der Waals surface area contributed by atoms with Gasteiger partial charge < -0.3 is 20.9 Å². The van der Waals surface area contributed by atoms with Crippen molar-refractivity contribution in [1.29, 1.82) is 0 Å². The van der Waals surface area contributed by atoms with Crippen molar-refractivity contribution >= 4 is 5.91 Å². The van der Waals surface area contributed by atoms with E-state index in [4.69, 9.17) is 15.6 Å². The predicted molar refractivity (Wildman–Crippen MR) is 56.3 cm³/mol. The van der Waals surface area contributed by atoms with Crippen LogP contribution in [0.15, 0.2) is 0 Å². The number of hydrogen-bond donors (Lipinski definition) is 3. The molecule has 0 atom stereocenters. The molecule has 1 rings (SSSR count). The molecule has 0 aromatic carbocycles. The Labute approximate surface area is 90.0 Å². The number of amides is 1. The predicted octanol–water partition coefficient (Wildman–Crippen LogP) is -0.759. The number of rotatable bonds is 5. The zero-order valence-corrected chi connectivity index (χ0v) is 9.00. The average Bonchev–Trinajstić information content (AvgIpc) is 2.30. The fourth-order valence-corrected chi connectivity index (χ4v) is 1.75. The largest absolute Gasteiger partial charge is 0.396 e. The fourth-order valence-electron chi connectivity index (χ4n) is 1.75. The van der Waals surface area contributed by atoms with Crippen LogP contribution in [0.1, 0.15) is 19.3 Å². The summed E-state index contributed by atoms with van der Waals surface area (Å²) in [5.41, 5.74) is 5.23. The van der Waals surface area contributed by atoms with Crippen LogP contribution in [0.4, 0.5) is 0 Å². The summed E-state index contributed by atoms with van der Waals surface area (Å²) in [7, 11) is 0. The second-order valence-electron chi connectivity index (χ2n) is 3.93. The van der Waals surface area contributed by atoms with Gasteiger partial charge in [0.15, 0.2) is 0 Å². The molecular formula is C10H20N2O3. The molecule has 5 heteroatoms. The third-order valence-electron chi connectivity index (χ3n) is 2.94. The van der Waals surface area contributed by atoms with Crippen molar-refractivity contribution in [3.05, 3.63) is 0 Å². The van der Waals surface area contributed by atoms with Gasteiger partial charge in [-0.25, -0.2) is 0 Å². The molecule has 1 aliphatic heterocycles. The van der Waals surface area contributed by atoms with Gasteiger partial charge in [-0.05, 0) is 19.3 Å². The molecule has 0 aromatic rings. The summed E-state index contributed by atoms with van der Waals surface area (Å²) in [6, 6.07) is 0. The molecule has 1 fully saturated rings. The number of nitrogens with two attached hydrogens (primary N) is 1. The quantitative estimate of drug-likeness (QED) is 0.527. The van der Waals surface area contributed by atoms with Crippen molar-refractivity contribution in [2.45, 2.75) is 19.3 Å². The minimum Gasteiger partial charge on any atom is -0.396 e. The smallest absolute Gasteiger partial charge is 0.227 e. The van der Waals surface area contributed by atoms with Crippen molar-refractivity contribution in [1.82, 2.24) is 5.32 Å². The maximum Gasteiger partial charge on any atom is 0.227 e. The number of carbonyl (C=O) groups is 1. The van der Waals surface area contributed by atoms with Gasteiger partial charge in [0.05, 0.1) is 5.41 Å². The van der Waals surface area contributed by atoms with Gasteiger partial charge in [-0.3, -0.25) is 4.79 Å². The number of hydrogen-bond acceptors (Lipinski definition) is 4. The van der Waals surface area contributed by atoms with Crippen molar-refractivity contribution < 1.29 is 14.6 Å². The molecule has 0 bridgehead atoms. The van der Waals surface area contributed by atoms with Crippen LogP contribution in [0.3, 0.4) is 0 Å². The van der Waals surface area contributed by atoms with Gasteiger partial charge in [0.2, 0.25) is 5.91 Å². The lowest BCUT2D eigenvalue weighted by molar-refractivity contribution is -0.135. The van der Waals surface area contributed by atoms with E-state index in [0.717, 1.165) is 0 Å². The molecule has 0 radical (unpaired) electrons. The standard InChI is InChI=1S/C10H20N2O3/c11-8-10(2-6-15-7-3-10)9(14)12-4-1-5-13/h13H,1-8,11H2,(H,12,14). The monoisotopic (exact) mass is 216 g/mol. The van der Waals surface area contributed by atoms with E-state index >= 15 is 0 Å². The highest BCUT2D eigenvalue weighted by atomic mass is 16.5. The highest BCUT2D eigenvalue weighted by Crippen LogP contribution is 2.29. The van der Waals surface area contributed by atoms with Gasteiger partial charge >= 0.3 is 0 Å². The second kappa shape index (κ2) is 6.05. The molecule has 0 aromatic heterocycles. The summed E-state index contributed by atoms with van der Waals surface area (Å²) in [5.74, 6) is 0.00162. The highest BCUT2D eigenvalue weighted by Gasteiger charge is 2.38. The van der Waals surface area contributed by atoms with Crippen LogP contribution in [0, 0.1) is 5.41 Å². The Kier molecular flexibility index (Phi) is 5.01. The Hall–Kier alpha value is -0.650. The van der Waals surface area contributed by atoms with Crippen LogP contribution in [0.5, 0.6) is 0 Å². The number of aliphatic hydroxyl groups excluding tert-OH is 1. The SMILES string of the molecule is NCC1(C(=O)NCCCO)CCOCC1. The first-order valence-corrected chi connectivity index (χ1v) is 5.42. The second-order valence-corrected chi connectivity index (χ2v) is 3.93. The number of nitrogens with one attached hydrogen (secondary N) is 1. The lowest BCUT2D eigenvalue weighted by Gasteiger charge is -2.34. The number of ether oxygens (including phenoxy) is 1. The first kappa shape index (κ1) is 12.4. The van der Waals surface area contributed by atoms with E-state index in [-0.39, 0.29) is 12.5 Å². The van der Waals surface area contributed by atoms with Crippen LogP contribution in [0.25, 0.3) is 0 Å². The van der Waals surface area contributed by atoms with E-state index in [2.05, 4.69) is 5.32 Å². The average molecular weight is 216 g/mol. The topological polar surface area (TPSA) is 84.6 Å². The number of aliphatic hydroxyl groups is 1. The maximum atomic E-state index is 11.9. The van der Waals surface area contributed by atoms with Gasteiger partial charge in [-0.15, -0.1) is 0 Å². The molecule has 5 nitrogen and oxygen atoms in total. The Morgan fingerprint density at radius 2 is 2.13 bits per heavy atom. The van der Waals surface area contributed by atoms with Gasteiger partial charge in [0, 0.05) is 32.9 Å². The molecular weight excluding hydrogens is 196 g/mol. The Bertz CT molecular complexity index is 203. The van der Waals surface area contributed by atoms with Gasteiger partial charge in [0.1, 0.15) is 0 Å². The molecule has 1 aliphatic rings. The summed E-state index contributed by atoms with van der Waals surface area (Å²) >= 11 is 0. The van der Waals surface area contributed by atoms with Crippen molar-refractivity contribution in [3.63, 3.8) is 0 Å². The zero-order valence-electron chi connectivity index (χ0n) is 9.00. The van der Waals surface area contributed by atoms with Crippen LogP contribution < -0.4 is 11.1 Å². The Morgan fingerprint density at radius 3 is 2.67 bits per heavy atom. The van der Waals surface area contributed by atoms with Gasteiger partial charge in [-0.1, -0.05) is 0 Å². The highest BCUT2D eigenvalue weighted by molar-refractivity contribution is 5.83. The fraction of sp³-hybridized carbons (Fsp3) is 0.900. The van der Waals surface area contributed by atoms with E-state index in [1.807, 2.05) is 0 Å². The van der Waals surface area contributed by atoms with Crippen LogP contribution in [-0.2, 0) is 9.53 Å². The minimum atomic E-state index is -0.451. The molecule has 1 saturated heterocycles. The van der Waals surface area contributed by atoms with Crippen LogP contribution in [-0.4, -0.2) is 43.9 Å². The lowest BCUT2D eigenvalue weighted by Crippen LogP contribution is -2.49. The van der Waals surface area contributed by atoms with Gasteiger partial charge in [0.25, 0.3) is 0 Å². The third-order valence-corrected chi connectivity index (χ3v) is 2.94. The first-order chi connectivity index (χ1) is 7.25. The molecule has 0 saturated carbocycles. The van der Waals surface area contributed by atoms with Gasteiger partial charge in [-0.2, -0.15) is 0 Å². The summed E-state index contributed by atoms with van der Waals surface area (Å²) < 4.78 is 5.23. The molecule has 1 heterocycles. The van der Waals surface area contributed by atoms with E-state index in [1.165, 1.54) is 0 Å². The molecule has 0 spiro atoms. The molecule has 4 N–H and O–H groups in total. The van der Waals surface area contributed by atoms with Crippen molar-refractivity contribution in [3.8, 4) is 0 Å².